The fourth-order valence-electron chi connectivity index (χ4n) is 4.00. The van der Waals surface area contributed by atoms with E-state index in [9.17, 15) is 9.90 Å². The van der Waals surface area contributed by atoms with Crippen LogP contribution in [-0.4, -0.2) is 71.6 Å². The molecule has 2 saturated heterocycles. The third-order valence-corrected chi connectivity index (χ3v) is 5.90. The van der Waals surface area contributed by atoms with E-state index in [0.29, 0.717) is 19.6 Å². The van der Waals surface area contributed by atoms with Crippen molar-refractivity contribution in [2.45, 2.75) is 11.4 Å². The molecule has 1 aromatic rings. The molecular weight excluding hydrogens is 312 g/mol. The minimum absolute atomic E-state index is 0.0912. The lowest BCUT2D eigenvalue weighted by Gasteiger charge is -2.25. The summed E-state index contributed by atoms with van der Waals surface area (Å²) in [6.07, 6.45) is 2.06. The molecule has 0 spiro atoms. The zero-order valence-electron chi connectivity index (χ0n) is 13.4. The molecule has 0 bridgehead atoms. The second-order valence-corrected chi connectivity index (χ2v) is 7.51. The van der Waals surface area contributed by atoms with Gasteiger partial charge in [0.15, 0.2) is 0 Å². The molecule has 2 aliphatic heterocycles. The van der Waals surface area contributed by atoms with Gasteiger partial charge in [-0.05, 0) is 24.0 Å². The summed E-state index contributed by atoms with van der Waals surface area (Å²) in [4.78, 5) is 17.5. The fourth-order valence-corrected chi connectivity index (χ4v) is 4.41. The Morgan fingerprint density at radius 2 is 1.91 bits per heavy atom. The second-order valence-electron chi connectivity index (χ2n) is 6.63. The van der Waals surface area contributed by atoms with E-state index < -0.39 is 11.4 Å². The van der Waals surface area contributed by atoms with Gasteiger partial charge in [0.1, 0.15) is 0 Å². The first-order chi connectivity index (χ1) is 11.1. The zero-order chi connectivity index (χ0) is 16.4. The topological polar surface area (TPSA) is 64.0 Å². The number of hydrogen-bond acceptors (Lipinski definition) is 5. The fraction of sp³-hybridized carbons (Fsp3) is 0.588. The summed E-state index contributed by atoms with van der Waals surface area (Å²) >= 11 is 1.72. The number of benzene rings is 1. The summed E-state index contributed by atoms with van der Waals surface area (Å²) in [6.45, 7) is 4.21. The summed E-state index contributed by atoms with van der Waals surface area (Å²) < 4.78 is 0. The highest BCUT2D eigenvalue weighted by atomic mass is 32.2. The van der Waals surface area contributed by atoms with E-state index in [0.717, 1.165) is 19.6 Å². The van der Waals surface area contributed by atoms with Gasteiger partial charge in [0, 0.05) is 50.1 Å². The molecule has 126 valence electrons. The van der Waals surface area contributed by atoms with Crippen molar-refractivity contribution >= 4 is 17.7 Å². The molecule has 2 N–H and O–H groups in total. The maximum absolute atomic E-state index is 11.9. The lowest BCUT2D eigenvalue weighted by molar-refractivity contribution is -0.149. The number of rotatable bonds is 6. The minimum atomic E-state index is -0.692. The molecule has 2 aliphatic rings. The molecule has 0 saturated carbocycles. The quantitative estimate of drug-likeness (QED) is 0.762. The Morgan fingerprint density at radius 3 is 2.48 bits per heavy atom. The second kappa shape index (κ2) is 6.81. The molecule has 5 nitrogen and oxygen atoms in total. The Hall–Kier alpha value is -1.08. The monoisotopic (exact) mass is 336 g/mol. The standard InChI is InChI=1S/C17H24N2O3S/c1-23-15-4-2-13(3-5-15)8-19-10-14-9-18(6-7-20)11-17(14,12-19)16(21)22/h2-5,14,20H,6-12H2,1H3,(H,21,22)/t14-,17-/m1/s1. The zero-order valence-corrected chi connectivity index (χ0v) is 14.3. The smallest absolute Gasteiger partial charge is 0.312 e. The predicted molar refractivity (Wildman–Crippen MR) is 90.6 cm³/mol. The summed E-state index contributed by atoms with van der Waals surface area (Å²) in [7, 11) is 0. The van der Waals surface area contributed by atoms with Crippen LogP contribution in [0.5, 0.6) is 0 Å². The van der Waals surface area contributed by atoms with E-state index in [1.807, 2.05) is 0 Å². The average molecular weight is 336 g/mol. The van der Waals surface area contributed by atoms with Crippen molar-refractivity contribution in [2.75, 3.05) is 45.6 Å². The van der Waals surface area contributed by atoms with Gasteiger partial charge in [0.2, 0.25) is 0 Å². The van der Waals surface area contributed by atoms with Gasteiger partial charge in [0.25, 0.3) is 0 Å². The normalized spacial score (nSPS) is 28.2. The van der Waals surface area contributed by atoms with Crippen LogP contribution in [-0.2, 0) is 11.3 Å². The molecule has 2 fully saturated rings. The molecule has 0 radical (unpaired) electrons. The third-order valence-electron chi connectivity index (χ3n) is 5.16. The summed E-state index contributed by atoms with van der Waals surface area (Å²) in [5.74, 6) is -0.541. The lowest BCUT2D eigenvalue weighted by Crippen LogP contribution is -2.41. The summed E-state index contributed by atoms with van der Waals surface area (Å²) in [5.41, 5.74) is 0.560. The number of likely N-dealkylation sites (tertiary alicyclic amines) is 2. The van der Waals surface area contributed by atoms with Gasteiger partial charge in [-0.15, -0.1) is 11.8 Å². The lowest BCUT2D eigenvalue weighted by atomic mass is 9.81. The number of thioether (sulfide) groups is 1. The highest BCUT2D eigenvalue weighted by molar-refractivity contribution is 7.98. The third kappa shape index (κ3) is 3.26. The van der Waals surface area contributed by atoms with E-state index in [-0.39, 0.29) is 12.5 Å². The molecule has 0 amide bonds. The van der Waals surface area contributed by atoms with Crippen LogP contribution in [0.15, 0.2) is 29.2 Å². The van der Waals surface area contributed by atoms with Crippen molar-refractivity contribution in [3.8, 4) is 0 Å². The number of aliphatic carboxylic acids is 1. The average Bonchev–Trinajstić information content (AvgIpc) is 3.03. The van der Waals surface area contributed by atoms with Crippen LogP contribution in [0.25, 0.3) is 0 Å². The van der Waals surface area contributed by atoms with Gasteiger partial charge in [-0.3, -0.25) is 14.6 Å². The van der Waals surface area contributed by atoms with Crippen molar-refractivity contribution in [2.24, 2.45) is 11.3 Å². The van der Waals surface area contributed by atoms with Crippen LogP contribution in [0.2, 0.25) is 0 Å². The van der Waals surface area contributed by atoms with Crippen LogP contribution in [0.1, 0.15) is 5.56 Å². The van der Waals surface area contributed by atoms with E-state index in [4.69, 9.17) is 5.11 Å². The Labute approximate surface area is 141 Å². The van der Waals surface area contributed by atoms with Crippen LogP contribution >= 0.6 is 11.8 Å². The van der Waals surface area contributed by atoms with Crippen LogP contribution in [0.3, 0.4) is 0 Å². The largest absolute Gasteiger partial charge is 0.481 e. The number of aliphatic hydroxyl groups excluding tert-OH is 1. The first-order valence-corrected chi connectivity index (χ1v) is 9.22. The number of β-amino-alcohol motifs (C(OH)–C–C–N with tert-alkyl or cyclic N) is 1. The molecule has 23 heavy (non-hydrogen) atoms. The molecule has 0 unspecified atom stereocenters. The predicted octanol–water partition coefficient (Wildman–Crippen LogP) is 1.22. The van der Waals surface area contributed by atoms with Gasteiger partial charge in [-0.1, -0.05) is 12.1 Å². The number of carboxylic acid groups (broad SMARTS) is 1. The SMILES string of the molecule is CSc1ccc(CN2C[C@H]3CN(CCO)C[C@@]3(C(=O)O)C2)cc1. The molecule has 0 aliphatic carbocycles. The van der Waals surface area contributed by atoms with Crippen molar-refractivity contribution in [1.29, 1.82) is 0 Å². The minimum Gasteiger partial charge on any atom is -0.481 e. The maximum Gasteiger partial charge on any atom is 0.312 e. The molecule has 1 aromatic carbocycles. The number of carboxylic acids is 1. The van der Waals surface area contributed by atoms with Crippen molar-refractivity contribution < 1.29 is 15.0 Å². The van der Waals surface area contributed by atoms with E-state index >= 15 is 0 Å². The van der Waals surface area contributed by atoms with Gasteiger partial charge in [-0.2, -0.15) is 0 Å². The molecular formula is C17H24N2O3S. The van der Waals surface area contributed by atoms with Crippen LogP contribution < -0.4 is 0 Å². The van der Waals surface area contributed by atoms with Crippen LogP contribution in [0, 0.1) is 11.3 Å². The van der Waals surface area contributed by atoms with E-state index in [2.05, 4.69) is 40.3 Å². The van der Waals surface area contributed by atoms with E-state index in [1.54, 1.807) is 11.8 Å². The Morgan fingerprint density at radius 1 is 1.26 bits per heavy atom. The first-order valence-electron chi connectivity index (χ1n) is 7.99. The number of fused-ring (bicyclic) bond motifs is 1. The molecule has 6 heteroatoms. The Balaban J connectivity index is 1.68. The summed E-state index contributed by atoms with van der Waals surface area (Å²) in [5, 5.41) is 18.9. The van der Waals surface area contributed by atoms with Gasteiger partial charge in [-0.25, -0.2) is 0 Å². The van der Waals surface area contributed by atoms with Gasteiger partial charge >= 0.3 is 5.97 Å². The number of hydrogen-bond donors (Lipinski definition) is 2. The number of aliphatic hydroxyl groups is 1. The molecule has 2 heterocycles. The molecule has 2 atom stereocenters. The van der Waals surface area contributed by atoms with Gasteiger partial charge < -0.3 is 10.2 Å². The number of nitrogens with zero attached hydrogens (tertiary/aromatic N) is 2. The van der Waals surface area contributed by atoms with Crippen LogP contribution in [0.4, 0.5) is 0 Å². The maximum atomic E-state index is 11.9. The Bertz CT molecular complexity index is 565. The molecule has 0 aromatic heterocycles. The summed E-state index contributed by atoms with van der Waals surface area (Å²) in [6, 6.07) is 8.50. The van der Waals surface area contributed by atoms with Crippen molar-refractivity contribution in [1.82, 2.24) is 9.80 Å². The molecule has 3 rings (SSSR count). The number of carbonyl (C=O) groups is 1. The van der Waals surface area contributed by atoms with Crippen molar-refractivity contribution in [3.05, 3.63) is 29.8 Å². The Kier molecular flexibility index (Phi) is 4.96. The highest BCUT2D eigenvalue weighted by Crippen LogP contribution is 2.43. The first kappa shape index (κ1) is 16.8. The highest BCUT2D eigenvalue weighted by Gasteiger charge is 2.57. The van der Waals surface area contributed by atoms with E-state index in [1.165, 1.54) is 10.5 Å². The van der Waals surface area contributed by atoms with Gasteiger partial charge in [0.05, 0.1) is 12.0 Å². The van der Waals surface area contributed by atoms with Crippen molar-refractivity contribution in [3.63, 3.8) is 0 Å².